The van der Waals surface area contributed by atoms with Crippen LogP contribution < -0.4 is 0 Å². The monoisotopic (exact) mass is 339 g/mol. The van der Waals surface area contributed by atoms with Crippen LogP contribution in [0, 0.1) is 11.3 Å². The molecule has 0 fully saturated rings. The van der Waals surface area contributed by atoms with Gasteiger partial charge in [-0.05, 0) is 47.1 Å². The maximum atomic E-state index is 12.1. The van der Waals surface area contributed by atoms with Crippen LogP contribution in [-0.2, 0) is 0 Å². The fraction of sp³-hybridized carbons (Fsp3) is 0.118. The summed E-state index contributed by atoms with van der Waals surface area (Å²) in [6, 6.07) is 13.5. The highest BCUT2D eigenvalue weighted by Crippen LogP contribution is 2.39. The number of benzene rings is 2. The maximum Gasteiger partial charge on any atom is 0.285 e. The molecule has 4 nitrogen and oxygen atoms in total. The SMILES string of the molecule is CN(C)C(=O)Sc1ccc2cnsc2c1-c1ccc(C#N)cc1. The molecule has 3 rings (SSSR count). The number of hydrogen-bond acceptors (Lipinski definition) is 5. The zero-order chi connectivity index (χ0) is 16.4. The zero-order valence-corrected chi connectivity index (χ0v) is 14.2. The Labute approximate surface area is 142 Å². The number of thioether (sulfide) groups is 1. The third-order valence-corrected chi connectivity index (χ3v) is 5.28. The highest BCUT2D eigenvalue weighted by atomic mass is 32.2. The van der Waals surface area contributed by atoms with E-state index in [1.807, 2.05) is 30.5 Å². The van der Waals surface area contributed by atoms with Crippen LogP contribution in [-0.4, -0.2) is 28.6 Å². The summed E-state index contributed by atoms with van der Waals surface area (Å²) >= 11 is 2.62. The van der Waals surface area contributed by atoms with E-state index >= 15 is 0 Å². The molecule has 3 aromatic rings. The number of hydrogen-bond donors (Lipinski definition) is 0. The Morgan fingerprint density at radius 2 is 1.96 bits per heavy atom. The van der Waals surface area contributed by atoms with Gasteiger partial charge in [0.1, 0.15) is 0 Å². The van der Waals surface area contributed by atoms with Gasteiger partial charge in [0.05, 0.1) is 16.3 Å². The van der Waals surface area contributed by atoms with Crippen LogP contribution in [0.15, 0.2) is 47.5 Å². The molecule has 0 bridgehead atoms. The molecular formula is C17H13N3OS2. The third-order valence-electron chi connectivity index (χ3n) is 3.35. The first-order valence-electron chi connectivity index (χ1n) is 6.87. The van der Waals surface area contributed by atoms with Crippen molar-refractivity contribution in [3.05, 3.63) is 48.2 Å². The number of nitrogens with zero attached hydrogens (tertiary/aromatic N) is 3. The van der Waals surface area contributed by atoms with Crippen LogP contribution in [0.1, 0.15) is 5.56 Å². The van der Waals surface area contributed by atoms with Gasteiger partial charge < -0.3 is 4.90 Å². The molecule has 0 spiro atoms. The average molecular weight is 339 g/mol. The number of nitriles is 1. The molecule has 0 aliphatic carbocycles. The number of rotatable bonds is 2. The van der Waals surface area contributed by atoms with Crippen LogP contribution in [0.25, 0.3) is 21.2 Å². The molecule has 0 atom stereocenters. The highest BCUT2D eigenvalue weighted by Gasteiger charge is 2.16. The Morgan fingerprint density at radius 1 is 1.22 bits per heavy atom. The van der Waals surface area contributed by atoms with Gasteiger partial charge in [-0.3, -0.25) is 4.79 Å². The first kappa shape index (κ1) is 15.5. The lowest BCUT2D eigenvalue weighted by Gasteiger charge is -2.13. The van der Waals surface area contributed by atoms with Gasteiger partial charge in [0, 0.05) is 36.1 Å². The van der Waals surface area contributed by atoms with E-state index in [-0.39, 0.29) is 5.24 Å². The number of fused-ring (bicyclic) bond motifs is 1. The third kappa shape index (κ3) is 3.07. The molecule has 1 heterocycles. The van der Waals surface area contributed by atoms with Crippen molar-refractivity contribution in [2.75, 3.05) is 14.1 Å². The molecule has 1 amide bonds. The fourth-order valence-corrected chi connectivity index (χ4v) is 3.88. The van der Waals surface area contributed by atoms with Gasteiger partial charge in [0.25, 0.3) is 5.24 Å². The van der Waals surface area contributed by atoms with Gasteiger partial charge in [-0.25, -0.2) is 0 Å². The molecule has 0 N–H and O–H groups in total. The van der Waals surface area contributed by atoms with E-state index in [9.17, 15) is 4.79 Å². The molecule has 0 radical (unpaired) electrons. The van der Waals surface area contributed by atoms with Crippen LogP contribution >= 0.6 is 23.3 Å². The zero-order valence-electron chi connectivity index (χ0n) is 12.6. The molecule has 114 valence electrons. The van der Waals surface area contributed by atoms with E-state index in [1.54, 1.807) is 31.1 Å². The summed E-state index contributed by atoms with van der Waals surface area (Å²) in [5.41, 5.74) is 2.59. The topological polar surface area (TPSA) is 57.0 Å². The summed E-state index contributed by atoms with van der Waals surface area (Å²) in [7, 11) is 3.48. The van der Waals surface area contributed by atoms with Crippen molar-refractivity contribution in [1.82, 2.24) is 9.27 Å². The van der Waals surface area contributed by atoms with E-state index in [0.717, 1.165) is 26.1 Å². The average Bonchev–Trinajstić information content (AvgIpc) is 3.03. The Bertz CT molecular complexity index is 908. The largest absolute Gasteiger partial charge is 0.339 e. The number of amides is 1. The lowest BCUT2D eigenvalue weighted by Crippen LogP contribution is -2.16. The Kier molecular flexibility index (Phi) is 4.33. The summed E-state index contributed by atoms with van der Waals surface area (Å²) < 4.78 is 5.31. The minimum Gasteiger partial charge on any atom is -0.339 e. The number of carbonyl (C=O) groups is 1. The predicted octanol–water partition coefficient (Wildman–Crippen LogP) is 4.61. The normalized spacial score (nSPS) is 10.5. The lowest BCUT2D eigenvalue weighted by atomic mass is 10.0. The van der Waals surface area contributed by atoms with Crippen molar-refractivity contribution in [3.8, 4) is 17.2 Å². The molecule has 23 heavy (non-hydrogen) atoms. The van der Waals surface area contributed by atoms with Crippen LogP contribution in [0.4, 0.5) is 4.79 Å². The Morgan fingerprint density at radius 3 is 2.61 bits per heavy atom. The van der Waals surface area contributed by atoms with Crippen molar-refractivity contribution in [1.29, 1.82) is 5.26 Å². The minimum atomic E-state index is -0.0243. The summed E-state index contributed by atoms with van der Waals surface area (Å²) in [6.07, 6.45) is 1.83. The van der Waals surface area contributed by atoms with Crippen molar-refractivity contribution in [2.24, 2.45) is 0 Å². The van der Waals surface area contributed by atoms with Gasteiger partial charge >= 0.3 is 0 Å². The molecular weight excluding hydrogens is 326 g/mol. The highest BCUT2D eigenvalue weighted by molar-refractivity contribution is 8.13. The summed E-state index contributed by atoms with van der Waals surface area (Å²) in [6.45, 7) is 0. The van der Waals surface area contributed by atoms with Crippen molar-refractivity contribution >= 4 is 38.6 Å². The van der Waals surface area contributed by atoms with Crippen molar-refractivity contribution < 1.29 is 4.79 Å². The van der Waals surface area contributed by atoms with Crippen LogP contribution in [0.3, 0.4) is 0 Å². The van der Waals surface area contributed by atoms with Gasteiger partial charge in [0.15, 0.2) is 0 Å². The standard InChI is InChI=1S/C17H13N3OS2/c1-20(2)17(21)22-14-8-7-13-10-19-23-16(13)15(14)12-5-3-11(9-18)4-6-12/h3-8,10H,1-2H3. The molecule has 1 aromatic heterocycles. The minimum absolute atomic E-state index is 0.0243. The molecule has 0 aliphatic heterocycles. The van der Waals surface area contributed by atoms with Crippen molar-refractivity contribution in [2.45, 2.75) is 4.90 Å². The Hall–Kier alpha value is -2.36. The quantitative estimate of drug-likeness (QED) is 0.640. The van der Waals surface area contributed by atoms with E-state index < -0.39 is 0 Å². The van der Waals surface area contributed by atoms with Gasteiger partial charge in [0.2, 0.25) is 0 Å². The molecule has 0 unspecified atom stereocenters. The predicted molar refractivity (Wildman–Crippen MR) is 94.7 cm³/mol. The Balaban J connectivity index is 2.16. The van der Waals surface area contributed by atoms with E-state index in [2.05, 4.69) is 10.4 Å². The van der Waals surface area contributed by atoms with E-state index in [1.165, 1.54) is 23.3 Å². The molecule has 0 saturated heterocycles. The fourth-order valence-electron chi connectivity index (χ4n) is 2.17. The lowest BCUT2D eigenvalue weighted by molar-refractivity contribution is 0.241. The van der Waals surface area contributed by atoms with Crippen LogP contribution in [0.5, 0.6) is 0 Å². The van der Waals surface area contributed by atoms with Gasteiger partial charge in [-0.2, -0.15) is 9.64 Å². The van der Waals surface area contributed by atoms with Crippen LogP contribution in [0.2, 0.25) is 0 Å². The maximum absolute atomic E-state index is 12.1. The summed E-state index contributed by atoms with van der Waals surface area (Å²) in [5, 5.41) is 9.99. The second-order valence-electron chi connectivity index (χ2n) is 5.13. The van der Waals surface area contributed by atoms with Gasteiger partial charge in [-0.1, -0.05) is 18.2 Å². The number of aromatic nitrogens is 1. The molecule has 0 aliphatic rings. The van der Waals surface area contributed by atoms with Gasteiger partial charge in [-0.15, -0.1) is 0 Å². The summed E-state index contributed by atoms with van der Waals surface area (Å²) in [5.74, 6) is 0. The summed E-state index contributed by atoms with van der Waals surface area (Å²) in [4.78, 5) is 14.6. The second-order valence-corrected chi connectivity index (χ2v) is 6.93. The van der Waals surface area contributed by atoms with E-state index in [4.69, 9.17) is 5.26 Å². The van der Waals surface area contributed by atoms with Crippen molar-refractivity contribution in [3.63, 3.8) is 0 Å². The smallest absolute Gasteiger partial charge is 0.285 e. The first-order chi connectivity index (χ1) is 11.1. The van der Waals surface area contributed by atoms with E-state index in [0.29, 0.717) is 5.56 Å². The molecule has 0 saturated carbocycles. The number of carbonyl (C=O) groups excluding carboxylic acids is 1. The molecule has 6 heteroatoms. The first-order valence-corrected chi connectivity index (χ1v) is 8.46. The second kappa shape index (κ2) is 6.41. The molecule has 2 aromatic carbocycles.